The molecule has 1 unspecified atom stereocenters. The van der Waals surface area contributed by atoms with Gasteiger partial charge in [0.15, 0.2) is 11.5 Å². The summed E-state index contributed by atoms with van der Waals surface area (Å²) in [5.41, 5.74) is 0.570. The molecule has 1 aromatic rings. The molecule has 1 aromatic carbocycles. The molecule has 0 saturated carbocycles. The fourth-order valence-corrected chi connectivity index (χ4v) is 1.90. The third kappa shape index (κ3) is 3.59. The number of carboxylic acid groups (broad SMARTS) is 1. The number of nitrogens with zero attached hydrogens (tertiary/aromatic N) is 1. The summed E-state index contributed by atoms with van der Waals surface area (Å²) in [5, 5.41) is 18.2. The molecule has 2 N–H and O–H groups in total. The number of ether oxygens (including phenoxy) is 2. The van der Waals surface area contributed by atoms with Crippen LogP contribution in [0.3, 0.4) is 0 Å². The lowest BCUT2D eigenvalue weighted by molar-refractivity contribution is -0.143. The van der Waals surface area contributed by atoms with Gasteiger partial charge in [-0.2, -0.15) is 0 Å². The maximum Gasteiger partial charge on any atom is 0.325 e. The zero-order chi connectivity index (χ0) is 14.4. The Hall–Kier alpha value is -1.79. The van der Waals surface area contributed by atoms with Crippen molar-refractivity contribution < 1.29 is 24.5 Å². The number of hydrogen-bond acceptors (Lipinski definition) is 5. The molecule has 0 heterocycles. The molecule has 19 heavy (non-hydrogen) atoms. The van der Waals surface area contributed by atoms with Gasteiger partial charge in [0.25, 0.3) is 0 Å². The van der Waals surface area contributed by atoms with Gasteiger partial charge in [-0.3, -0.25) is 9.69 Å². The van der Waals surface area contributed by atoms with E-state index in [0.29, 0.717) is 17.1 Å². The summed E-state index contributed by atoms with van der Waals surface area (Å²) in [4.78, 5) is 12.9. The van der Waals surface area contributed by atoms with E-state index in [9.17, 15) is 9.90 Å². The largest absolute Gasteiger partial charge is 0.493 e. The minimum atomic E-state index is -0.983. The predicted octanol–water partition coefficient (Wildman–Crippen LogP) is 0.754. The highest BCUT2D eigenvalue weighted by molar-refractivity contribution is 5.76. The molecule has 0 saturated heterocycles. The molecule has 0 amide bonds. The van der Waals surface area contributed by atoms with E-state index in [1.165, 1.54) is 14.2 Å². The predicted molar refractivity (Wildman–Crippen MR) is 69.6 cm³/mol. The van der Waals surface area contributed by atoms with Gasteiger partial charge in [-0.25, -0.2) is 0 Å². The van der Waals surface area contributed by atoms with Crippen molar-refractivity contribution in [2.24, 2.45) is 0 Å². The van der Waals surface area contributed by atoms with Crippen molar-refractivity contribution in [2.75, 3.05) is 34.4 Å². The quantitative estimate of drug-likeness (QED) is 0.760. The Labute approximate surface area is 112 Å². The van der Waals surface area contributed by atoms with Crippen LogP contribution in [0.15, 0.2) is 18.2 Å². The number of aliphatic carboxylic acids is 1. The molecule has 0 spiro atoms. The van der Waals surface area contributed by atoms with Crippen molar-refractivity contribution in [2.45, 2.75) is 6.04 Å². The van der Waals surface area contributed by atoms with Gasteiger partial charge in [-0.05, 0) is 24.7 Å². The summed E-state index contributed by atoms with van der Waals surface area (Å²) in [6.45, 7) is 0.166. The van der Waals surface area contributed by atoms with E-state index in [2.05, 4.69) is 0 Å². The van der Waals surface area contributed by atoms with Gasteiger partial charge in [0, 0.05) is 6.54 Å². The lowest BCUT2D eigenvalue weighted by Crippen LogP contribution is -2.32. The van der Waals surface area contributed by atoms with E-state index in [0.717, 1.165) is 0 Å². The van der Waals surface area contributed by atoms with E-state index >= 15 is 0 Å². The molecule has 0 aliphatic rings. The Morgan fingerprint density at radius 2 is 1.95 bits per heavy atom. The van der Waals surface area contributed by atoms with E-state index in [1.54, 1.807) is 30.1 Å². The molecular formula is C13H19NO5. The summed E-state index contributed by atoms with van der Waals surface area (Å²) in [6, 6.07) is 4.13. The van der Waals surface area contributed by atoms with Crippen LogP contribution >= 0.6 is 0 Å². The van der Waals surface area contributed by atoms with Gasteiger partial charge in [0.05, 0.1) is 20.8 Å². The van der Waals surface area contributed by atoms with Gasteiger partial charge in [0.1, 0.15) is 6.04 Å². The normalized spacial score (nSPS) is 12.3. The first-order chi connectivity index (χ1) is 9.04. The third-order valence-electron chi connectivity index (χ3n) is 2.85. The van der Waals surface area contributed by atoms with Crippen LogP contribution in [0.1, 0.15) is 11.6 Å². The topological polar surface area (TPSA) is 79.2 Å². The molecular weight excluding hydrogens is 250 g/mol. The number of aliphatic hydroxyl groups is 1. The smallest absolute Gasteiger partial charge is 0.325 e. The number of carbonyl (C=O) groups is 1. The minimum Gasteiger partial charge on any atom is -0.493 e. The second kappa shape index (κ2) is 6.96. The van der Waals surface area contributed by atoms with Crippen LogP contribution in [0.5, 0.6) is 11.5 Å². The molecule has 6 nitrogen and oxygen atoms in total. The molecule has 0 fully saturated rings. The summed E-state index contributed by atoms with van der Waals surface area (Å²) in [5.74, 6) is 0.0343. The Morgan fingerprint density at radius 3 is 2.42 bits per heavy atom. The van der Waals surface area contributed by atoms with Gasteiger partial charge in [-0.15, -0.1) is 0 Å². The molecule has 0 radical (unpaired) electrons. The first-order valence-corrected chi connectivity index (χ1v) is 5.81. The SMILES string of the molecule is COc1ccc(C(C(=O)O)N(C)CCO)cc1OC. The van der Waals surface area contributed by atoms with Crippen molar-refractivity contribution >= 4 is 5.97 Å². The number of rotatable bonds is 7. The molecule has 0 aromatic heterocycles. The fraction of sp³-hybridized carbons (Fsp3) is 0.462. The van der Waals surface area contributed by atoms with Gasteiger partial charge in [0.2, 0.25) is 0 Å². The van der Waals surface area contributed by atoms with Crippen LogP contribution in [-0.2, 0) is 4.79 Å². The van der Waals surface area contributed by atoms with Crippen LogP contribution in [0.4, 0.5) is 0 Å². The monoisotopic (exact) mass is 269 g/mol. The molecule has 1 atom stereocenters. The second-order valence-corrected chi connectivity index (χ2v) is 4.06. The minimum absolute atomic E-state index is 0.104. The molecule has 6 heteroatoms. The Balaban J connectivity index is 3.13. The van der Waals surface area contributed by atoms with E-state index in [4.69, 9.17) is 14.6 Å². The van der Waals surface area contributed by atoms with Crippen LogP contribution in [0.2, 0.25) is 0 Å². The van der Waals surface area contributed by atoms with Gasteiger partial charge < -0.3 is 19.7 Å². The standard InChI is InChI=1S/C13H19NO5/c1-14(6-7-15)12(13(16)17)9-4-5-10(18-2)11(8-9)19-3/h4-5,8,12,15H,6-7H2,1-3H3,(H,16,17). The van der Waals surface area contributed by atoms with Gasteiger partial charge in [-0.1, -0.05) is 6.07 Å². The highest BCUT2D eigenvalue weighted by atomic mass is 16.5. The number of likely N-dealkylation sites (N-methyl/N-ethyl adjacent to an activating group) is 1. The average Bonchev–Trinajstić information content (AvgIpc) is 2.38. The molecule has 0 bridgehead atoms. The van der Waals surface area contributed by atoms with E-state index in [-0.39, 0.29) is 13.2 Å². The summed E-state index contributed by atoms with van der Waals surface area (Å²) < 4.78 is 10.3. The zero-order valence-electron chi connectivity index (χ0n) is 11.3. The van der Waals surface area contributed by atoms with Crippen molar-refractivity contribution in [3.63, 3.8) is 0 Å². The number of benzene rings is 1. The van der Waals surface area contributed by atoms with Crippen molar-refractivity contribution in [1.29, 1.82) is 0 Å². The maximum atomic E-state index is 11.4. The first kappa shape index (κ1) is 15.3. The van der Waals surface area contributed by atoms with Crippen LogP contribution < -0.4 is 9.47 Å². The van der Waals surface area contributed by atoms with Crippen LogP contribution in [-0.4, -0.2) is 55.5 Å². The molecule has 106 valence electrons. The fourth-order valence-electron chi connectivity index (χ4n) is 1.90. The highest BCUT2D eigenvalue weighted by Gasteiger charge is 2.25. The number of methoxy groups -OCH3 is 2. The Bertz CT molecular complexity index is 435. The van der Waals surface area contributed by atoms with E-state index < -0.39 is 12.0 Å². The Kier molecular flexibility index (Phi) is 5.59. The summed E-state index contributed by atoms with van der Waals surface area (Å²) >= 11 is 0. The highest BCUT2D eigenvalue weighted by Crippen LogP contribution is 2.31. The number of carboxylic acids is 1. The number of aliphatic hydroxyl groups excluding tert-OH is 1. The second-order valence-electron chi connectivity index (χ2n) is 4.06. The number of hydrogen-bond donors (Lipinski definition) is 2. The van der Waals surface area contributed by atoms with Crippen LogP contribution in [0, 0.1) is 0 Å². The van der Waals surface area contributed by atoms with Crippen molar-refractivity contribution in [3.05, 3.63) is 23.8 Å². The molecule has 0 aliphatic heterocycles. The Morgan fingerprint density at radius 1 is 1.32 bits per heavy atom. The summed E-state index contributed by atoms with van der Waals surface area (Å²) in [7, 11) is 4.66. The third-order valence-corrected chi connectivity index (χ3v) is 2.85. The lowest BCUT2D eigenvalue weighted by atomic mass is 10.0. The maximum absolute atomic E-state index is 11.4. The van der Waals surface area contributed by atoms with Gasteiger partial charge >= 0.3 is 5.97 Å². The summed E-state index contributed by atoms with van der Waals surface area (Å²) in [6.07, 6.45) is 0. The zero-order valence-corrected chi connectivity index (χ0v) is 11.3. The van der Waals surface area contributed by atoms with Crippen LogP contribution in [0.25, 0.3) is 0 Å². The lowest BCUT2D eigenvalue weighted by Gasteiger charge is -2.24. The first-order valence-electron chi connectivity index (χ1n) is 5.81. The molecule has 1 rings (SSSR count). The molecule has 0 aliphatic carbocycles. The van der Waals surface area contributed by atoms with Crippen molar-refractivity contribution in [3.8, 4) is 11.5 Å². The van der Waals surface area contributed by atoms with Crippen molar-refractivity contribution in [1.82, 2.24) is 4.90 Å². The average molecular weight is 269 g/mol. The van der Waals surface area contributed by atoms with E-state index in [1.807, 2.05) is 0 Å².